The molecule has 0 radical (unpaired) electrons. The van der Waals surface area contributed by atoms with E-state index in [1.54, 1.807) is 18.2 Å². The van der Waals surface area contributed by atoms with Crippen molar-refractivity contribution in [1.29, 1.82) is 10.5 Å². The second-order valence-corrected chi connectivity index (χ2v) is 10.8. The third-order valence-electron chi connectivity index (χ3n) is 7.12. The second-order valence-electron chi connectivity index (χ2n) is 9.96. The fourth-order valence-corrected chi connectivity index (χ4v) is 5.90. The molecule has 0 N–H and O–H groups in total. The van der Waals surface area contributed by atoms with E-state index in [9.17, 15) is 10.5 Å². The van der Waals surface area contributed by atoms with Crippen molar-refractivity contribution in [3.8, 4) is 12.1 Å². The van der Waals surface area contributed by atoms with Crippen LogP contribution in [0.3, 0.4) is 0 Å². The summed E-state index contributed by atoms with van der Waals surface area (Å²) < 4.78 is 2.05. The standard InChI is InChI=1S/C29H27Cl2N4.C2H6/c1-28(2)22-14-20(30)10-12-24(22)34(5)26(28)18(16-32)8-7-9-19(17-33)27-29(3,4)23-15-21(31)11-13-25(23)35(27)6;1-2/h7-15H,1-6H3;1-2H3/q+1;. The summed E-state index contributed by atoms with van der Waals surface area (Å²) in [5, 5.41) is 21.4. The molecule has 190 valence electrons. The van der Waals surface area contributed by atoms with Crippen molar-refractivity contribution < 1.29 is 4.58 Å². The van der Waals surface area contributed by atoms with Crippen molar-refractivity contribution in [3.63, 3.8) is 0 Å². The highest BCUT2D eigenvalue weighted by atomic mass is 35.5. The summed E-state index contributed by atoms with van der Waals surface area (Å²) in [7, 11) is 3.93. The molecule has 0 bridgehead atoms. The molecule has 2 heterocycles. The molecule has 2 aliphatic rings. The molecule has 0 aliphatic carbocycles. The van der Waals surface area contributed by atoms with Gasteiger partial charge in [-0.05, 0) is 61.9 Å². The summed E-state index contributed by atoms with van der Waals surface area (Å²) >= 11 is 12.5. The molecule has 4 rings (SSSR count). The van der Waals surface area contributed by atoms with E-state index in [1.165, 1.54) is 0 Å². The minimum atomic E-state index is -0.393. The Kier molecular flexibility index (Phi) is 8.09. The minimum absolute atomic E-state index is 0.393. The van der Waals surface area contributed by atoms with E-state index in [0.717, 1.165) is 33.9 Å². The molecule has 0 spiro atoms. The molecule has 2 aromatic carbocycles. The second kappa shape index (κ2) is 10.6. The van der Waals surface area contributed by atoms with Crippen LogP contribution in [0, 0.1) is 22.7 Å². The van der Waals surface area contributed by atoms with E-state index in [-0.39, 0.29) is 0 Å². The lowest BCUT2D eigenvalue weighted by Gasteiger charge is -2.25. The summed E-state index contributed by atoms with van der Waals surface area (Å²) in [5.74, 6) is 0. The number of likely N-dealkylation sites (N-methyl/N-ethyl adjacent to an activating group) is 1. The quantitative estimate of drug-likeness (QED) is 0.227. The molecule has 0 unspecified atom stereocenters. The summed E-state index contributed by atoms with van der Waals surface area (Å²) in [6, 6.07) is 16.3. The number of allylic oxidation sites excluding steroid dienone is 6. The highest BCUT2D eigenvalue weighted by Gasteiger charge is 2.46. The van der Waals surface area contributed by atoms with Gasteiger partial charge in [0.15, 0.2) is 0 Å². The van der Waals surface area contributed by atoms with Gasteiger partial charge in [0, 0.05) is 45.5 Å². The Bertz CT molecular complexity index is 1460. The zero-order chi connectivity index (χ0) is 27.7. The van der Waals surface area contributed by atoms with E-state index < -0.39 is 10.8 Å². The van der Waals surface area contributed by atoms with Gasteiger partial charge in [-0.2, -0.15) is 15.1 Å². The van der Waals surface area contributed by atoms with Gasteiger partial charge in [0.25, 0.3) is 0 Å². The Labute approximate surface area is 231 Å². The molecular formula is C31H33Cl2N4+. The maximum Gasteiger partial charge on any atom is 0.209 e. The first-order valence-corrected chi connectivity index (χ1v) is 13.1. The lowest BCUT2D eigenvalue weighted by Crippen LogP contribution is -2.29. The van der Waals surface area contributed by atoms with Crippen molar-refractivity contribution >= 4 is 40.3 Å². The van der Waals surface area contributed by atoms with Crippen LogP contribution in [0.4, 0.5) is 11.4 Å². The normalized spacial score (nSPS) is 18.6. The number of hydrogen-bond donors (Lipinski definition) is 0. The van der Waals surface area contributed by atoms with Crippen molar-refractivity contribution in [2.75, 3.05) is 19.0 Å². The van der Waals surface area contributed by atoms with Crippen molar-refractivity contribution in [2.45, 2.75) is 52.4 Å². The van der Waals surface area contributed by atoms with Gasteiger partial charge in [-0.1, -0.05) is 57.0 Å². The van der Waals surface area contributed by atoms with Crippen LogP contribution in [0.1, 0.15) is 52.7 Å². The van der Waals surface area contributed by atoms with Crippen LogP contribution in [0.25, 0.3) is 0 Å². The third kappa shape index (κ3) is 4.73. The van der Waals surface area contributed by atoms with Crippen LogP contribution in [0.5, 0.6) is 0 Å². The summed E-state index contributed by atoms with van der Waals surface area (Å²) in [6.07, 6.45) is 5.35. The molecule has 6 heteroatoms. The number of halogens is 2. The van der Waals surface area contributed by atoms with Crippen molar-refractivity contribution in [1.82, 2.24) is 0 Å². The van der Waals surface area contributed by atoms with Crippen LogP contribution >= 0.6 is 23.2 Å². The molecule has 2 aliphatic heterocycles. The Morgan fingerprint density at radius 2 is 1.51 bits per heavy atom. The summed E-state index contributed by atoms with van der Waals surface area (Å²) in [4.78, 5) is 2.05. The van der Waals surface area contributed by atoms with E-state index in [4.69, 9.17) is 23.2 Å². The predicted octanol–water partition coefficient (Wildman–Crippen LogP) is 8.24. The molecular weight excluding hydrogens is 499 g/mol. The van der Waals surface area contributed by atoms with Gasteiger partial charge in [-0.15, -0.1) is 0 Å². The SMILES string of the molecule is CC.CN1\C(=C(C#N)/C=C/C=C(\C#N)C2=[N+](C)c3ccc(Cl)cc3C2(C)C)C(C)(C)c2cc(Cl)ccc21. The first-order valence-electron chi connectivity index (χ1n) is 12.3. The number of anilines is 1. The van der Waals surface area contributed by atoms with E-state index in [1.807, 2.05) is 73.8 Å². The number of rotatable bonds is 3. The molecule has 0 fully saturated rings. The molecule has 37 heavy (non-hydrogen) atoms. The Hall–Kier alpha value is -3.31. The van der Waals surface area contributed by atoms with Crippen molar-refractivity contribution in [2.24, 2.45) is 0 Å². The van der Waals surface area contributed by atoms with Crippen LogP contribution in [0.15, 0.2) is 71.5 Å². The highest BCUT2D eigenvalue weighted by Crippen LogP contribution is 2.49. The molecule has 0 saturated carbocycles. The maximum atomic E-state index is 10.0. The largest absolute Gasteiger partial charge is 0.346 e. The zero-order valence-corrected chi connectivity index (χ0v) is 24.3. The number of nitrogens with zero attached hydrogens (tertiary/aromatic N) is 4. The smallest absolute Gasteiger partial charge is 0.209 e. The average Bonchev–Trinajstić information content (AvgIpc) is 3.18. The van der Waals surface area contributed by atoms with Crippen LogP contribution in [-0.2, 0) is 10.8 Å². The van der Waals surface area contributed by atoms with Crippen LogP contribution in [-0.4, -0.2) is 24.4 Å². The Morgan fingerprint density at radius 1 is 0.919 bits per heavy atom. The Balaban J connectivity index is 0.00000186. The van der Waals surface area contributed by atoms with Gasteiger partial charge in [0.2, 0.25) is 11.4 Å². The average molecular weight is 533 g/mol. The molecule has 0 aromatic heterocycles. The zero-order valence-electron chi connectivity index (χ0n) is 22.7. The minimum Gasteiger partial charge on any atom is -0.346 e. The van der Waals surface area contributed by atoms with E-state index in [2.05, 4.69) is 39.8 Å². The predicted molar refractivity (Wildman–Crippen MR) is 155 cm³/mol. The molecule has 0 amide bonds. The van der Waals surface area contributed by atoms with E-state index in [0.29, 0.717) is 21.2 Å². The maximum absolute atomic E-state index is 10.0. The van der Waals surface area contributed by atoms with E-state index >= 15 is 0 Å². The molecule has 0 saturated heterocycles. The van der Waals surface area contributed by atoms with Gasteiger partial charge < -0.3 is 4.90 Å². The van der Waals surface area contributed by atoms with Gasteiger partial charge >= 0.3 is 0 Å². The lowest BCUT2D eigenvalue weighted by molar-refractivity contribution is -0.401. The van der Waals surface area contributed by atoms with Gasteiger partial charge in [-0.25, -0.2) is 0 Å². The van der Waals surface area contributed by atoms with Gasteiger partial charge in [0.05, 0.1) is 11.0 Å². The molecule has 4 nitrogen and oxygen atoms in total. The third-order valence-corrected chi connectivity index (χ3v) is 7.59. The molecule has 2 aromatic rings. The van der Waals surface area contributed by atoms with Crippen molar-refractivity contribution in [3.05, 3.63) is 92.6 Å². The number of benzene rings is 2. The fourth-order valence-electron chi connectivity index (χ4n) is 5.55. The topological polar surface area (TPSA) is 53.8 Å². The van der Waals surface area contributed by atoms with Gasteiger partial charge in [-0.3, -0.25) is 0 Å². The van der Waals surface area contributed by atoms with Crippen LogP contribution in [0.2, 0.25) is 10.0 Å². The first-order chi connectivity index (χ1) is 17.4. The number of hydrogen-bond acceptors (Lipinski definition) is 3. The first kappa shape index (κ1) is 28.3. The lowest BCUT2D eigenvalue weighted by atomic mass is 9.79. The Morgan fingerprint density at radius 3 is 2.11 bits per heavy atom. The monoisotopic (exact) mass is 531 g/mol. The number of nitriles is 2. The molecule has 0 atom stereocenters. The highest BCUT2D eigenvalue weighted by molar-refractivity contribution is 6.31. The van der Waals surface area contributed by atoms with Crippen LogP contribution < -0.4 is 4.90 Å². The van der Waals surface area contributed by atoms with Gasteiger partial charge in [0.1, 0.15) is 24.8 Å². The summed E-state index contributed by atoms with van der Waals surface area (Å²) in [6.45, 7) is 12.4. The fraction of sp³-hybridized carbons (Fsp3) is 0.323. The summed E-state index contributed by atoms with van der Waals surface area (Å²) in [5.41, 5.74) is 6.31. The number of fused-ring (bicyclic) bond motifs is 2.